The summed E-state index contributed by atoms with van der Waals surface area (Å²) in [6.07, 6.45) is 0. The van der Waals surface area contributed by atoms with Gasteiger partial charge in [0, 0.05) is 30.2 Å². The number of anilines is 1. The topological polar surface area (TPSA) is 64.5 Å². The van der Waals surface area contributed by atoms with E-state index in [-0.39, 0.29) is 0 Å². The molecule has 0 aliphatic heterocycles. The number of aryl methyl sites for hydroxylation is 1. The molecule has 0 aliphatic carbocycles. The molecule has 0 unspecified atom stereocenters. The van der Waals surface area contributed by atoms with Gasteiger partial charge in [0.25, 0.3) is 0 Å². The van der Waals surface area contributed by atoms with E-state index in [4.69, 9.17) is 10.5 Å². The molecule has 21 heavy (non-hydrogen) atoms. The van der Waals surface area contributed by atoms with Crippen LogP contribution in [0, 0.1) is 36.5 Å². The number of nitrogens with zero attached hydrogens (tertiary/aromatic N) is 3. The summed E-state index contributed by atoms with van der Waals surface area (Å²) in [5.41, 5.74) is 5.43. The van der Waals surface area contributed by atoms with Crippen LogP contribution < -0.4 is 5.32 Å². The van der Waals surface area contributed by atoms with Gasteiger partial charge in [0.2, 0.25) is 0 Å². The first kappa shape index (κ1) is 14.7. The summed E-state index contributed by atoms with van der Waals surface area (Å²) in [6.45, 7) is 8.03. The monoisotopic (exact) mass is 278 g/mol. The van der Waals surface area contributed by atoms with Crippen molar-refractivity contribution in [2.24, 2.45) is 0 Å². The summed E-state index contributed by atoms with van der Waals surface area (Å²) in [5.74, 6) is 0. The maximum Gasteiger partial charge on any atom is 0.101 e. The molecule has 0 saturated carbocycles. The largest absolute Gasteiger partial charge is 0.381 e. The van der Waals surface area contributed by atoms with Gasteiger partial charge in [-0.2, -0.15) is 10.5 Å². The highest BCUT2D eigenvalue weighted by atomic mass is 15.0. The third-order valence-electron chi connectivity index (χ3n) is 3.74. The second kappa shape index (κ2) is 6.15. The van der Waals surface area contributed by atoms with Crippen LogP contribution in [0.25, 0.3) is 0 Å². The minimum Gasteiger partial charge on any atom is -0.381 e. The Hall–Kier alpha value is -2.72. The summed E-state index contributed by atoms with van der Waals surface area (Å²) in [4.78, 5) is 0. The SMILES string of the molecule is CCn1c(C)cc(CNc2ccc(C#N)c(C#N)c2)c1C. The number of rotatable bonds is 4. The molecule has 0 saturated heterocycles. The summed E-state index contributed by atoms with van der Waals surface area (Å²) >= 11 is 0. The van der Waals surface area contributed by atoms with Crippen molar-refractivity contribution >= 4 is 5.69 Å². The molecule has 106 valence electrons. The first-order chi connectivity index (χ1) is 10.1. The van der Waals surface area contributed by atoms with E-state index in [2.05, 4.69) is 42.8 Å². The van der Waals surface area contributed by atoms with Crippen molar-refractivity contribution in [3.63, 3.8) is 0 Å². The van der Waals surface area contributed by atoms with Crippen LogP contribution in [0.4, 0.5) is 5.69 Å². The first-order valence-electron chi connectivity index (χ1n) is 6.94. The van der Waals surface area contributed by atoms with E-state index in [1.807, 2.05) is 12.1 Å². The molecule has 1 N–H and O–H groups in total. The van der Waals surface area contributed by atoms with Crippen LogP contribution in [0.2, 0.25) is 0 Å². The number of nitrogens with one attached hydrogen (secondary N) is 1. The minimum absolute atomic E-state index is 0.404. The minimum atomic E-state index is 0.404. The van der Waals surface area contributed by atoms with Crippen LogP contribution in [-0.4, -0.2) is 4.57 Å². The molecule has 2 rings (SSSR count). The van der Waals surface area contributed by atoms with E-state index >= 15 is 0 Å². The van der Waals surface area contributed by atoms with E-state index < -0.39 is 0 Å². The number of hydrogen-bond donors (Lipinski definition) is 1. The van der Waals surface area contributed by atoms with Gasteiger partial charge in [-0.3, -0.25) is 0 Å². The summed E-state index contributed by atoms with van der Waals surface area (Å²) in [6, 6.07) is 11.5. The summed E-state index contributed by atoms with van der Waals surface area (Å²) < 4.78 is 2.27. The Labute approximate surface area is 125 Å². The van der Waals surface area contributed by atoms with E-state index in [1.54, 1.807) is 12.1 Å². The molecule has 0 bridgehead atoms. The van der Waals surface area contributed by atoms with Gasteiger partial charge in [-0.1, -0.05) is 0 Å². The first-order valence-corrected chi connectivity index (χ1v) is 6.94. The molecule has 0 aliphatic rings. The average molecular weight is 278 g/mol. The van der Waals surface area contributed by atoms with Crippen molar-refractivity contribution in [3.05, 3.63) is 52.3 Å². The van der Waals surface area contributed by atoms with Gasteiger partial charge < -0.3 is 9.88 Å². The van der Waals surface area contributed by atoms with Crippen LogP contribution in [0.1, 0.15) is 35.0 Å². The molecule has 4 nitrogen and oxygen atoms in total. The third kappa shape index (κ3) is 2.90. The molecular weight excluding hydrogens is 260 g/mol. The molecule has 1 aromatic heterocycles. The van der Waals surface area contributed by atoms with Crippen LogP contribution in [0.5, 0.6) is 0 Å². The third-order valence-corrected chi connectivity index (χ3v) is 3.74. The zero-order chi connectivity index (χ0) is 15.4. The van der Waals surface area contributed by atoms with Crippen molar-refractivity contribution < 1.29 is 0 Å². The van der Waals surface area contributed by atoms with Crippen molar-refractivity contribution in [2.45, 2.75) is 33.9 Å². The molecule has 0 radical (unpaired) electrons. The van der Waals surface area contributed by atoms with Crippen LogP contribution >= 0.6 is 0 Å². The van der Waals surface area contributed by atoms with Gasteiger partial charge in [0.15, 0.2) is 0 Å². The lowest BCUT2D eigenvalue weighted by Gasteiger charge is -2.09. The quantitative estimate of drug-likeness (QED) is 0.931. The molecule has 0 atom stereocenters. The molecular formula is C17H18N4. The smallest absolute Gasteiger partial charge is 0.101 e. The number of nitriles is 2. The van der Waals surface area contributed by atoms with Gasteiger partial charge in [-0.25, -0.2) is 0 Å². The van der Waals surface area contributed by atoms with Crippen LogP contribution in [-0.2, 0) is 13.1 Å². The van der Waals surface area contributed by atoms with Crippen molar-refractivity contribution in [1.82, 2.24) is 4.57 Å². The van der Waals surface area contributed by atoms with Crippen molar-refractivity contribution in [3.8, 4) is 12.1 Å². The maximum absolute atomic E-state index is 9.04. The Morgan fingerprint density at radius 1 is 1.10 bits per heavy atom. The Morgan fingerprint density at radius 2 is 1.81 bits per heavy atom. The molecule has 2 aromatic rings. The Bertz CT molecular complexity index is 741. The second-order valence-corrected chi connectivity index (χ2v) is 4.98. The van der Waals surface area contributed by atoms with Crippen molar-refractivity contribution in [1.29, 1.82) is 10.5 Å². The van der Waals surface area contributed by atoms with Gasteiger partial charge in [0.05, 0.1) is 11.1 Å². The number of benzene rings is 1. The average Bonchev–Trinajstić information content (AvgIpc) is 2.78. The summed E-state index contributed by atoms with van der Waals surface area (Å²) in [5, 5.41) is 21.3. The van der Waals surface area contributed by atoms with Gasteiger partial charge in [-0.15, -0.1) is 0 Å². The molecule has 4 heteroatoms. The fourth-order valence-electron chi connectivity index (χ4n) is 2.58. The molecule has 1 heterocycles. The highest BCUT2D eigenvalue weighted by Crippen LogP contribution is 2.19. The van der Waals surface area contributed by atoms with Gasteiger partial charge in [0.1, 0.15) is 12.1 Å². The normalized spacial score (nSPS) is 9.95. The highest BCUT2D eigenvalue weighted by molar-refractivity contribution is 5.56. The lowest BCUT2D eigenvalue weighted by Crippen LogP contribution is -2.03. The predicted octanol–water partition coefficient (Wildman–Crippen LogP) is 3.48. The maximum atomic E-state index is 9.04. The van der Waals surface area contributed by atoms with E-state index in [9.17, 15) is 0 Å². The Morgan fingerprint density at radius 3 is 2.38 bits per heavy atom. The molecule has 0 amide bonds. The van der Waals surface area contributed by atoms with E-state index in [1.165, 1.54) is 17.0 Å². The Balaban J connectivity index is 2.18. The van der Waals surface area contributed by atoms with Gasteiger partial charge >= 0.3 is 0 Å². The van der Waals surface area contributed by atoms with E-state index in [0.717, 1.165) is 12.2 Å². The van der Waals surface area contributed by atoms with Crippen LogP contribution in [0.15, 0.2) is 24.3 Å². The van der Waals surface area contributed by atoms with Gasteiger partial charge in [-0.05, 0) is 50.6 Å². The zero-order valence-corrected chi connectivity index (χ0v) is 12.6. The number of aromatic nitrogens is 1. The Kier molecular flexibility index (Phi) is 4.30. The number of hydrogen-bond acceptors (Lipinski definition) is 3. The molecule has 1 aromatic carbocycles. The zero-order valence-electron chi connectivity index (χ0n) is 12.6. The lowest BCUT2D eigenvalue weighted by atomic mass is 10.1. The summed E-state index contributed by atoms with van der Waals surface area (Å²) in [7, 11) is 0. The van der Waals surface area contributed by atoms with E-state index in [0.29, 0.717) is 17.7 Å². The predicted molar refractivity (Wildman–Crippen MR) is 82.8 cm³/mol. The fourth-order valence-corrected chi connectivity index (χ4v) is 2.58. The molecule has 0 fully saturated rings. The standard InChI is InChI=1S/C17H18N4/c1-4-21-12(2)7-16(13(21)3)11-20-17-6-5-14(9-18)15(8-17)10-19/h5-8,20H,4,11H2,1-3H3. The highest BCUT2D eigenvalue weighted by Gasteiger charge is 2.08. The van der Waals surface area contributed by atoms with Crippen LogP contribution in [0.3, 0.4) is 0 Å². The fraction of sp³-hybridized carbons (Fsp3) is 0.294. The lowest BCUT2D eigenvalue weighted by molar-refractivity contribution is 0.715. The van der Waals surface area contributed by atoms with Crippen molar-refractivity contribution in [2.75, 3.05) is 5.32 Å². The molecule has 0 spiro atoms. The second-order valence-electron chi connectivity index (χ2n) is 4.98.